The van der Waals surface area contributed by atoms with E-state index in [-0.39, 0.29) is 0 Å². The molecule has 0 saturated heterocycles. The average molecular weight is 153 g/mol. The fraction of sp³-hybridized carbons (Fsp3) is 0.222. The number of hydrogen-bond acceptors (Lipinski definition) is 1. The molecule has 0 fully saturated rings. The second-order valence-corrected chi connectivity index (χ2v) is 1.68. The molecular weight excluding hydrogens is 141 g/mol. The minimum absolute atomic E-state index is 0.331. The minimum Gasteiger partial charge on any atom is -0.274 e. The van der Waals surface area contributed by atoms with Gasteiger partial charge in [0.2, 0.25) is 5.97 Å². The fourth-order valence-electron chi connectivity index (χ4n) is 0.584. The van der Waals surface area contributed by atoms with Gasteiger partial charge in [0.05, 0.1) is 0 Å². The van der Waals surface area contributed by atoms with Gasteiger partial charge in [-0.2, -0.15) is 4.39 Å². The van der Waals surface area contributed by atoms with Gasteiger partial charge in [-0.05, 0) is 0 Å². The third-order valence-electron chi connectivity index (χ3n) is 1.03. The Balaban J connectivity index is 0.000000461. The summed E-state index contributed by atoms with van der Waals surface area (Å²) in [5, 5.41) is 6.57. The monoisotopic (exact) mass is 153 g/mol. The molecule has 1 aromatic carbocycles. The van der Waals surface area contributed by atoms with Crippen molar-refractivity contribution in [3.8, 4) is 0 Å². The van der Waals surface area contributed by atoms with E-state index < -0.39 is 5.97 Å². The molecule has 0 saturated carbocycles. The second-order valence-electron chi connectivity index (χ2n) is 1.68. The van der Waals surface area contributed by atoms with Crippen molar-refractivity contribution in [2.24, 2.45) is 0 Å². The maximum atomic E-state index is 12.0. The fourth-order valence-corrected chi connectivity index (χ4v) is 0.584. The predicted molar refractivity (Wildman–Crippen MR) is 45.7 cm³/mol. The highest BCUT2D eigenvalue weighted by Crippen LogP contribution is 1.98. The Morgan fingerprint density at radius 3 is 1.91 bits per heavy atom. The van der Waals surface area contributed by atoms with E-state index in [2.05, 4.69) is 0 Å². The third-order valence-corrected chi connectivity index (χ3v) is 1.03. The zero-order valence-electron chi connectivity index (χ0n) is 6.76. The van der Waals surface area contributed by atoms with E-state index in [4.69, 9.17) is 5.41 Å². The molecular formula is C9H12FN. The molecule has 0 unspecified atom stereocenters. The molecule has 0 bridgehead atoms. The van der Waals surface area contributed by atoms with Gasteiger partial charge in [-0.15, -0.1) is 0 Å². The smallest absolute Gasteiger partial charge is 0.212 e. The van der Waals surface area contributed by atoms with E-state index in [0.717, 1.165) is 0 Å². The SMILES string of the molecule is CC.N=C(F)c1ccccc1. The van der Waals surface area contributed by atoms with Gasteiger partial charge in [0.25, 0.3) is 0 Å². The van der Waals surface area contributed by atoms with Crippen molar-refractivity contribution in [3.05, 3.63) is 35.9 Å². The lowest BCUT2D eigenvalue weighted by Crippen LogP contribution is -1.86. The largest absolute Gasteiger partial charge is 0.274 e. The molecule has 0 aliphatic rings. The highest BCUT2D eigenvalue weighted by molar-refractivity contribution is 5.90. The van der Waals surface area contributed by atoms with Crippen LogP contribution in [0.25, 0.3) is 0 Å². The van der Waals surface area contributed by atoms with E-state index in [9.17, 15) is 4.39 Å². The molecule has 0 aromatic heterocycles. The summed E-state index contributed by atoms with van der Waals surface area (Å²) in [7, 11) is 0. The Kier molecular flexibility index (Phi) is 4.99. The molecule has 1 N–H and O–H groups in total. The molecule has 0 aliphatic carbocycles. The van der Waals surface area contributed by atoms with Crippen LogP contribution in [0.15, 0.2) is 30.3 Å². The zero-order chi connectivity index (χ0) is 8.69. The summed E-state index contributed by atoms with van der Waals surface area (Å²) in [6.07, 6.45) is 0. The molecule has 2 heteroatoms. The zero-order valence-corrected chi connectivity index (χ0v) is 6.76. The average Bonchev–Trinajstić information content (AvgIpc) is 2.10. The van der Waals surface area contributed by atoms with Crippen LogP contribution in [0.4, 0.5) is 4.39 Å². The van der Waals surface area contributed by atoms with Crippen LogP contribution in [0.2, 0.25) is 0 Å². The molecule has 0 radical (unpaired) electrons. The molecule has 0 spiro atoms. The highest BCUT2D eigenvalue weighted by atomic mass is 19.1. The van der Waals surface area contributed by atoms with Crippen LogP contribution in [0.3, 0.4) is 0 Å². The van der Waals surface area contributed by atoms with Crippen LogP contribution < -0.4 is 0 Å². The summed E-state index contributed by atoms with van der Waals surface area (Å²) in [5.74, 6) is -0.879. The number of nitrogens with one attached hydrogen (secondary N) is 1. The van der Waals surface area contributed by atoms with Crippen molar-refractivity contribution >= 4 is 5.97 Å². The van der Waals surface area contributed by atoms with Gasteiger partial charge < -0.3 is 0 Å². The van der Waals surface area contributed by atoms with Gasteiger partial charge in [0, 0.05) is 5.56 Å². The summed E-state index contributed by atoms with van der Waals surface area (Å²) >= 11 is 0. The van der Waals surface area contributed by atoms with Crippen molar-refractivity contribution in [1.29, 1.82) is 5.41 Å². The molecule has 0 aliphatic heterocycles. The van der Waals surface area contributed by atoms with Crippen molar-refractivity contribution in [3.63, 3.8) is 0 Å². The van der Waals surface area contributed by atoms with Gasteiger partial charge in [-0.1, -0.05) is 44.2 Å². The predicted octanol–water partition coefficient (Wildman–Crippen LogP) is 3.01. The summed E-state index contributed by atoms with van der Waals surface area (Å²) in [5.41, 5.74) is 0.331. The van der Waals surface area contributed by atoms with Gasteiger partial charge in [0.15, 0.2) is 0 Å². The first kappa shape index (κ1) is 9.82. The standard InChI is InChI=1S/C7H6FN.C2H6/c8-7(9)6-4-2-1-3-5-6;1-2/h1-5,9H;1-2H3. The normalized spacial score (nSPS) is 7.91. The first-order valence-electron chi connectivity index (χ1n) is 3.60. The van der Waals surface area contributed by atoms with Crippen molar-refractivity contribution in [2.45, 2.75) is 13.8 Å². The molecule has 0 amide bonds. The first-order chi connectivity index (χ1) is 5.30. The lowest BCUT2D eigenvalue weighted by Gasteiger charge is -1.89. The molecule has 0 atom stereocenters. The van der Waals surface area contributed by atoms with E-state index in [1.165, 1.54) is 0 Å². The first-order valence-corrected chi connectivity index (χ1v) is 3.60. The lowest BCUT2D eigenvalue weighted by atomic mass is 10.2. The van der Waals surface area contributed by atoms with Crippen molar-refractivity contribution < 1.29 is 4.39 Å². The van der Waals surface area contributed by atoms with Crippen molar-refractivity contribution in [2.75, 3.05) is 0 Å². The Bertz CT molecular complexity index is 206. The number of rotatable bonds is 1. The quantitative estimate of drug-likeness (QED) is 0.600. The van der Waals surface area contributed by atoms with Crippen LogP contribution in [0.1, 0.15) is 19.4 Å². The van der Waals surface area contributed by atoms with Gasteiger partial charge in [-0.3, -0.25) is 5.41 Å². The van der Waals surface area contributed by atoms with E-state index in [1.54, 1.807) is 30.3 Å². The Morgan fingerprint density at radius 2 is 1.64 bits per heavy atom. The Hall–Kier alpha value is -1.18. The van der Waals surface area contributed by atoms with Crippen molar-refractivity contribution in [1.82, 2.24) is 0 Å². The van der Waals surface area contributed by atoms with Gasteiger partial charge in [0.1, 0.15) is 0 Å². The van der Waals surface area contributed by atoms with Crippen LogP contribution in [-0.2, 0) is 0 Å². The van der Waals surface area contributed by atoms with E-state index in [0.29, 0.717) is 5.56 Å². The van der Waals surface area contributed by atoms with Crippen LogP contribution in [0, 0.1) is 5.41 Å². The molecule has 1 aromatic rings. The van der Waals surface area contributed by atoms with Crippen LogP contribution in [-0.4, -0.2) is 5.97 Å². The molecule has 0 heterocycles. The maximum Gasteiger partial charge on any atom is 0.212 e. The van der Waals surface area contributed by atoms with Gasteiger partial charge >= 0.3 is 0 Å². The number of halogens is 1. The van der Waals surface area contributed by atoms with Crippen LogP contribution in [0.5, 0.6) is 0 Å². The second kappa shape index (κ2) is 5.59. The van der Waals surface area contributed by atoms with E-state index in [1.807, 2.05) is 13.8 Å². The Morgan fingerprint density at radius 1 is 1.18 bits per heavy atom. The lowest BCUT2D eigenvalue weighted by molar-refractivity contribution is 0.798. The minimum atomic E-state index is -0.879. The topological polar surface area (TPSA) is 23.9 Å². The summed E-state index contributed by atoms with van der Waals surface area (Å²) in [6.45, 7) is 4.00. The Labute approximate surface area is 66.4 Å². The molecule has 1 nitrogen and oxygen atoms in total. The third kappa shape index (κ3) is 3.50. The maximum absolute atomic E-state index is 12.0. The molecule has 1 rings (SSSR count). The highest BCUT2D eigenvalue weighted by Gasteiger charge is 1.93. The summed E-state index contributed by atoms with van der Waals surface area (Å²) < 4.78 is 12.0. The summed E-state index contributed by atoms with van der Waals surface area (Å²) in [4.78, 5) is 0. The number of benzene rings is 1. The summed E-state index contributed by atoms with van der Waals surface area (Å²) in [6, 6.07) is 8.30. The van der Waals surface area contributed by atoms with Crippen LogP contribution >= 0.6 is 0 Å². The van der Waals surface area contributed by atoms with Gasteiger partial charge in [-0.25, -0.2) is 0 Å². The number of hydrogen-bond donors (Lipinski definition) is 1. The van der Waals surface area contributed by atoms with E-state index >= 15 is 0 Å². The molecule has 60 valence electrons. The molecule has 11 heavy (non-hydrogen) atoms.